The van der Waals surface area contributed by atoms with Gasteiger partial charge in [0.25, 0.3) is 0 Å². The van der Waals surface area contributed by atoms with Crippen LogP contribution in [0.1, 0.15) is 19.3 Å². The summed E-state index contributed by atoms with van der Waals surface area (Å²) in [6.07, 6.45) is 1.19. The fourth-order valence-electron chi connectivity index (χ4n) is 2.69. The molecule has 1 atom stereocenters. The molecule has 0 unspecified atom stereocenters. The third kappa shape index (κ3) is 5.17. The minimum atomic E-state index is -3.71. The van der Waals surface area contributed by atoms with Gasteiger partial charge in [0.15, 0.2) is 0 Å². The molecule has 138 valence electrons. The van der Waals surface area contributed by atoms with Crippen molar-refractivity contribution in [2.24, 2.45) is 5.92 Å². The van der Waals surface area contributed by atoms with Gasteiger partial charge in [-0.3, -0.25) is 9.59 Å². The average Bonchev–Trinajstić information content (AvgIpc) is 2.61. The summed E-state index contributed by atoms with van der Waals surface area (Å²) >= 11 is 0. The highest BCUT2D eigenvalue weighted by Crippen LogP contribution is 2.18. The van der Waals surface area contributed by atoms with Crippen molar-refractivity contribution in [2.75, 3.05) is 26.7 Å². The van der Waals surface area contributed by atoms with Gasteiger partial charge in [0.2, 0.25) is 15.9 Å². The van der Waals surface area contributed by atoms with Crippen molar-refractivity contribution in [3.63, 3.8) is 0 Å². The molecule has 1 aromatic carbocycles. The lowest BCUT2D eigenvalue weighted by atomic mass is 9.98. The van der Waals surface area contributed by atoms with Crippen LogP contribution in [0.3, 0.4) is 0 Å². The number of carbonyl (C=O) groups is 2. The van der Waals surface area contributed by atoms with Crippen LogP contribution < -0.4 is 9.46 Å². The first-order valence-corrected chi connectivity index (χ1v) is 9.46. The van der Waals surface area contributed by atoms with Gasteiger partial charge >= 0.3 is 5.97 Å². The first kappa shape index (κ1) is 19.2. The molecule has 1 aliphatic rings. The van der Waals surface area contributed by atoms with Crippen LogP contribution in [0.2, 0.25) is 0 Å². The minimum Gasteiger partial charge on any atom is -0.497 e. The summed E-state index contributed by atoms with van der Waals surface area (Å²) in [6.45, 7) is 0.647. The molecule has 1 aromatic rings. The van der Waals surface area contributed by atoms with Crippen molar-refractivity contribution >= 4 is 21.9 Å². The quantitative estimate of drug-likeness (QED) is 0.730. The number of hydrogen-bond donors (Lipinski definition) is 2. The van der Waals surface area contributed by atoms with E-state index >= 15 is 0 Å². The second kappa shape index (κ2) is 8.30. The van der Waals surface area contributed by atoms with Crippen molar-refractivity contribution in [2.45, 2.75) is 24.2 Å². The van der Waals surface area contributed by atoms with Crippen LogP contribution in [0, 0.1) is 5.92 Å². The molecule has 25 heavy (non-hydrogen) atoms. The molecule has 2 N–H and O–H groups in total. The summed E-state index contributed by atoms with van der Waals surface area (Å²) in [4.78, 5) is 24.8. The zero-order chi connectivity index (χ0) is 18.4. The molecule has 9 heteroatoms. The fourth-order valence-corrected chi connectivity index (χ4v) is 3.73. The van der Waals surface area contributed by atoms with E-state index in [9.17, 15) is 18.0 Å². The van der Waals surface area contributed by atoms with Gasteiger partial charge in [0.05, 0.1) is 17.9 Å². The SMILES string of the molecule is COc1ccc(S(=O)(=O)NCCC(=O)N2CCC[C@H](C(=O)O)C2)cc1. The molecular weight excluding hydrogens is 348 g/mol. The van der Waals surface area contributed by atoms with E-state index in [1.807, 2.05) is 0 Å². The van der Waals surface area contributed by atoms with Crippen molar-refractivity contribution in [1.82, 2.24) is 9.62 Å². The van der Waals surface area contributed by atoms with E-state index in [4.69, 9.17) is 9.84 Å². The molecule has 0 saturated carbocycles. The first-order chi connectivity index (χ1) is 11.8. The number of carbonyl (C=O) groups excluding carboxylic acids is 1. The summed E-state index contributed by atoms with van der Waals surface area (Å²) < 4.78 is 31.7. The number of methoxy groups -OCH3 is 1. The summed E-state index contributed by atoms with van der Waals surface area (Å²) in [6, 6.07) is 5.93. The lowest BCUT2D eigenvalue weighted by Gasteiger charge is -2.30. The number of rotatable bonds is 7. The number of aliphatic carboxylic acids is 1. The van der Waals surface area contributed by atoms with Crippen LogP contribution in [0.5, 0.6) is 5.75 Å². The number of likely N-dealkylation sites (tertiary alicyclic amines) is 1. The maximum Gasteiger partial charge on any atom is 0.308 e. The fraction of sp³-hybridized carbons (Fsp3) is 0.500. The number of nitrogens with one attached hydrogen (secondary N) is 1. The molecule has 1 aliphatic heterocycles. The monoisotopic (exact) mass is 370 g/mol. The van der Waals surface area contributed by atoms with E-state index in [1.54, 1.807) is 12.1 Å². The van der Waals surface area contributed by atoms with Gasteiger partial charge < -0.3 is 14.7 Å². The summed E-state index contributed by atoms with van der Waals surface area (Å²) in [7, 11) is -2.22. The third-order valence-electron chi connectivity index (χ3n) is 4.12. The number of benzene rings is 1. The Bertz CT molecular complexity index is 717. The molecule has 1 saturated heterocycles. The van der Waals surface area contributed by atoms with Crippen molar-refractivity contribution < 1.29 is 27.9 Å². The number of sulfonamides is 1. The summed E-state index contributed by atoms with van der Waals surface area (Å²) in [5.74, 6) is -1.15. The molecule has 0 aliphatic carbocycles. The van der Waals surface area contributed by atoms with Crippen molar-refractivity contribution in [1.29, 1.82) is 0 Å². The maximum absolute atomic E-state index is 12.2. The molecule has 1 fully saturated rings. The van der Waals surface area contributed by atoms with Crippen LogP contribution in [0.4, 0.5) is 0 Å². The predicted octanol–water partition coefficient (Wildman–Crippen LogP) is 0.687. The highest BCUT2D eigenvalue weighted by Gasteiger charge is 2.28. The topological polar surface area (TPSA) is 113 Å². The van der Waals surface area contributed by atoms with Gasteiger partial charge in [-0.25, -0.2) is 13.1 Å². The normalized spacial score (nSPS) is 18.0. The average molecular weight is 370 g/mol. The molecule has 0 bridgehead atoms. The molecule has 0 spiro atoms. The summed E-state index contributed by atoms with van der Waals surface area (Å²) in [5, 5.41) is 9.05. The smallest absolute Gasteiger partial charge is 0.308 e. The Kier molecular flexibility index (Phi) is 6.38. The van der Waals surface area contributed by atoms with E-state index in [1.165, 1.54) is 24.1 Å². The zero-order valence-corrected chi connectivity index (χ0v) is 14.8. The molecule has 0 aromatic heterocycles. The van der Waals surface area contributed by atoms with Crippen LogP contribution >= 0.6 is 0 Å². The largest absolute Gasteiger partial charge is 0.497 e. The number of ether oxygens (including phenoxy) is 1. The number of nitrogens with zero attached hydrogens (tertiary/aromatic N) is 1. The second-order valence-electron chi connectivity index (χ2n) is 5.84. The predicted molar refractivity (Wildman–Crippen MR) is 89.7 cm³/mol. The van der Waals surface area contributed by atoms with Crippen LogP contribution in [-0.4, -0.2) is 57.0 Å². The Morgan fingerprint density at radius 2 is 2.00 bits per heavy atom. The van der Waals surface area contributed by atoms with Crippen LogP contribution in [0.15, 0.2) is 29.2 Å². The van der Waals surface area contributed by atoms with Crippen LogP contribution in [0.25, 0.3) is 0 Å². The molecule has 8 nitrogen and oxygen atoms in total. The molecule has 0 radical (unpaired) electrons. The van der Waals surface area contributed by atoms with Gasteiger partial charge in [-0.15, -0.1) is 0 Å². The second-order valence-corrected chi connectivity index (χ2v) is 7.61. The minimum absolute atomic E-state index is 0.0122. The summed E-state index contributed by atoms with van der Waals surface area (Å²) in [5.41, 5.74) is 0. The lowest BCUT2D eigenvalue weighted by Crippen LogP contribution is -2.43. The Labute approximate surface area is 146 Å². The van der Waals surface area contributed by atoms with E-state index in [0.29, 0.717) is 25.1 Å². The zero-order valence-electron chi connectivity index (χ0n) is 14.0. The third-order valence-corrected chi connectivity index (χ3v) is 5.60. The van der Waals surface area contributed by atoms with E-state index < -0.39 is 21.9 Å². The standard InChI is InChI=1S/C16H22N2O6S/c1-24-13-4-6-14(7-5-13)25(22,23)17-9-8-15(19)18-10-2-3-12(11-18)16(20)21/h4-7,12,17H,2-3,8-11H2,1H3,(H,20,21)/t12-/m0/s1. The number of carboxylic acid groups (broad SMARTS) is 1. The van der Waals surface area contributed by atoms with Gasteiger partial charge in [0.1, 0.15) is 5.75 Å². The van der Waals surface area contributed by atoms with Crippen LogP contribution in [-0.2, 0) is 19.6 Å². The van der Waals surface area contributed by atoms with Gasteiger partial charge in [-0.2, -0.15) is 0 Å². The number of carboxylic acids is 1. The molecule has 2 rings (SSSR count). The van der Waals surface area contributed by atoms with Crippen molar-refractivity contribution in [3.05, 3.63) is 24.3 Å². The Morgan fingerprint density at radius 3 is 2.60 bits per heavy atom. The molecular formula is C16H22N2O6S. The Hall–Kier alpha value is -2.13. The highest BCUT2D eigenvalue weighted by atomic mass is 32.2. The molecule has 1 amide bonds. The lowest BCUT2D eigenvalue weighted by molar-refractivity contribution is -0.145. The maximum atomic E-state index is 12.2. The Morgan fingerprint density at radius 1 is 1.32 bits per heavy atom. The van der Waals surface area contributed by atoms with E-state index in [-0.39, 0.29) is 30.3 Å². The number of hydrogen-bond acceptors (Lipinski definition) is 5. The van der Waals surface area contributed by atoms with E-state index in [0.717, 1.165) is 0 Å². The molecule has 1 heterocycles. The van der Waals surface area contributed by atoms with E-state index in [2.05, 4.69) is 4.72 Å². The van der Waals surface area contributed by atoms with Crippen molar-refractivity contribution in [3.8, 4) is 5.75 Å². The first-order valence-electron chi connectivity index (χ1n) is 7.98. The van der Waals surface area contributed by atoms with Gasteiger partial charge in [0, 0.05) is 26.1 Å². The number of amides is 1. The van der Waals surface area contributed by atoms with Gasteiger partial charge in [-0.05, 0) is 37.1 Å². The number of piperidine rings is 1. The highest BCUT2D eigenvalue weighted by molar-refractivity contribution is 7.89. The van der Waals surface area contributed by atoms with Gasteiger partial charge in [-0.1, -0.05) is 0 Å². The Balaban J connectivity index is 1.86.